The number of pyridine rings is 1. The number of hydrogen-bond acceptors (Lipinski definition) is 5. The van der Waals surface area contributed by atoms with E-state index in [2.05, 4.69) is 15.0 Å². The van der Waals surface area contributed by atoms with Gasteiger partial charge in [0.1, 0.15) is 12.4 Å². The predicted molar refractivity (Wildman–Crippen MR) is 105 cm³/mol. The molecule has 0 spiro atoms. The van der Waals surface area contributed by atoms with Crippen molar-refractivity contribution in [1.29, 1.82) is 0 Å². The quantitative estimate of drug-likeness (QED) is 0.410. The summed E-state index contributed by atoms with van der Waals surface area (Å²) in [5.41, 5.74) is -2.71. The van der Waals surface area contributed by atoms with Gasteiger partial charge in [0.05, 0.1) is 28.5 Å². The van der Waals surface area contributed by atoms with Crippen molar-refractivity contribution in [3.8, 4) is 28.5 Å². The van der Waals surface area contributed by atoms with Crippen LogP contribution < -0.4 is 10.3 Å². The van der Waals surface area contributed by atoms with Gasteiger partial charge < -0.3 is 14.5 Å². The Kier molecular flexibility index (Phi) is 6.91. The molecule has 0 saturated carbocycles. The first-order chi connectivity index (χ1) is 14.7. The van der Waals surface area contributed by atoms with Crippen LogP contribution in [0.5, 0.6) is 5.88 Å². The molecule has 0 amide bonds. The minimum atomic E-state index is -4.89. The second-order valence-corrected chi connectivity index (χ2v) is 6.60. The van der Waals surface area contributed by atoms with Crippen LogP contribution in [-0.2, 0) is 10.9 Å². The van der Waals surface area contributed by atoms with Crippen LogP contribution in [0.15, 0.2) is 41.3 Å². The number of ether oxygens (including phenoxy) is 2. The van der Waals surface area contributed by atoms with Crippen LogP contribution in [0.1, 0.15) is 12.5 Å². The first kappa shape index (κ1) is 22.7. The highest BCUT2D eigenvalue weighted by molar-refractivity contribution is 6.31. The van der Waals surface area contributed by atoms with Gasteiger partial charge >= 0.3 is 6.18 Å². The molecular formula is C20H16ClF4N3O3. The number of halogens is 5. The first-order valence-corrected chi connectivity index (χ1v) is 9.42. The van der Waals surface area contributed by atoms with E-state index in [9.17, 15) is 22.4 Å². The lowest BCUT2D eigenvalue weighted by Crippen LogP contribution is -2.14. The molecule has 1 N–H and O–H groups in total. The molecule has 0 aliphatic carbocycles. The molecule has 31 heavy (non-hydrogen) atoms. The highest BCUT2D eigenvalue weighted by atomic mass is 35.5. The van der Waals surface area contributed by atoms with Crippen LogP contribution in [0.4, 0.5) is 17.6 Å². The van der Waals surface area contributed by atoms with E-state index in [1.165, 1.54) is 18.3 Å². The molecule has 0 atom stereocenters. The van der Waals surface area contributed by atoms with Gasteiger partial charge in [-0.15, -0.1) is 0 Å². The van der Waals surface area contributed by atoms with Crippen molar-refractivity contribution < 1.29 is 27.0 Å². The van der Waals surface area contributed by atoms with Gasteiger partial charge in [0, 0.05) is 30.5 Å². The van der Waals surface area contributed by atoms with Gasteiger partial charge in [-0.05, 0) is 25.1 Å². The fourth-order valence-electron chi connectivity index (χ4n) is 2.71. The van der Waals surface area contributed by atoms with Crippen LogP contribution in [0.3, 0.4) is 0 Å². The zero-order valence-corrected chi connectivity index (χ0v) is 16.9. The van der Waals surface area contributed by atoms with E-state index >= 15 is 0 Å². The Labute approximate surface area is 178 Å². The standard InChI is InChI=1S/C20H16ClF4N3O3/c1-2-30-7-8-31-16-6-3-11(10-26-16)14-9-15(29)28-19(27-14)17-12(20(23,24)25)4-5-13(21)18(17)22/h3-6,9-10H,2,7-8H2,1H3,(H,27,28,29). The fourth-order valence-corrected chi connectivity index (χ4v) is 2.87. The Balaban J connectivity index is 1.99. The topological polar surface area (TPSA) is 77.1 Å². The zero-order valence-electron chi connectivity index (χ0n) is 16.1. The summed E-state index contributed by atoms with van der Waals surface area (Å²) in [6, 6.07) is 5.51. The van der Waals surface area contributed by atoms with Crippen LogP contribution in [0, 0.1) is 5.82 Å². The molecule has 0 bridgehead atoms. The molecule has 11 heteroatoms. The summed E-state index contributed by atoms with van der Waals surface area (Å²) in [4.78, 5) is 22.3. The summed E-state index contributed by atoms with van der Waals surface area (Å²) in [5, 5.41) is -0.536. The molecule has 0 fully saturated rings. The molecule has 3 aromatic rings. The average molecular weight is 458 g/mol. The molecule has 0 aliphatic rings. The number of rotatable bonds is 7. The van der Waals surface area contributed by atoms with Crippen molar-refractivity contribution in [2.24, 2.45) is 0 Å². The van der Waals surface area contributed by atoms with E-state index in [0.29, 0.717) is 24.8 Å². The van der Waals surface area contributed by atoms with Gasteiger partial charge in [0.25, 0.3) is 5.56 Å². The summed E-state index contributed by atoms with van der Waals surface area (Å²) in [6.07, 6.45) is -3.56. The minimum Gasteiger partial charge on any atom is -0.475 e. The first-order valence-electron chi connectivity index (χ1n) is 9.04. The summed E-state index contributed by atoms with van der Waals surface area (Å²) >= 11 is 5.67. The molecule has 2 aromatic heterocycles. The Morgan fingerprint density at radius 1 is 1.16 bits per heavy atom. The molecule has 0 radical (unpaired) electrons. The lowest BCUT2D eigenvalue weighted by molar-refractivity contribution is -0.137. The maximum atomic E-state index is 14.5. The highest BCUT2D eigenvalue weighted by Gasteiger charge is 2.36. The normalized spacial score (nSPS) is 11.5. The third kappa shape index (κ3) is 5.39. The number of nitrogens with zero attached hydrogens (tertiary/aromatic N) is 2. The maximum absolute atomic E-state index is 14.5. The molecule has 6 nitrogen and oxygen atoms in total. The Morgan fingerprint density at radius 2 is 1.94 bits per heavy atom. The van der Waals surface area contributed by atoms with Crippen molar-refractivity contribution >= 4 is 11.6 Å². The average Bonchev–Trinajstić information content (AvgIpc) is 2.72. The highest BCUT2D eigenvalue weighted by Crippen LogP contribution is 2.39. The molecule has 1 aromatic carbocycles. The van der Waals surface area contributed by atoms with E-state index in [1.54, 1.807) is 0 Å². The monoisotopic (exact) mass is 457 g/mol. The number of aromatic amines is 1. The lowest BCUT2D eigenvalue weighted by atomic mass is 10.0. The fraction of sp³-hybridized carbons (Fsp3) is 0.250. The van der Waals surface area contributed by atoms with Crippen molar-refractivity contribution in [2.45, 2.75) is 13.1 Å². The Hall–Kier alpha value is -2.98. The van der Waals surface area contributed by atoms with Crippen molar-refractivity contribution in [3.63, 3.8) is 0 Å². The van der Waals surface area contributed by atoms with Gasteiger partial charge in [-0.3, -0.25) is 4.79 Å². The molecule has 3 rings (SSSR count). The molecule has 0 unspecified atom stereocenters. The number of nitrogens with one attached hydrogen (secondary N) is 1. The predicted octanol–water partition coefficient (Wildman–Crippen LogP) is 4.73. The lowest BCUT2D eigenvalue weighted by Gasteiger charge is -2.14. The summed E-state index contributed by atoms with van der Waals surface area (Å²) in [7, 11) is 0. The number of H-pyrrole nitrogens is 1. The zero-order chi connectivity index (χ0) is 22.6. The SMILES string of the molecule is CCOCCOc1ccc(-c2cc(=O)[nH]c(-c3c(C(F)(F)F)ccc(Cl)c3F)n2)cn1. The van der Waals surface area contributed by atoms with Crippen LogP contribution in [0.25, 0.3) is 22.6 Å². The summed E-state index contributed by atoms with van der Waals surface area (Å²) in [5.74, 6) is -1.66. The van der Waals surface area contributed by atoms with Crippen LogP contribution in [-0.4, -0.2) is 34.8 Å². The molecule has 2 heterocycles. The third-order valence-electron chi connectivity index (χ3n) is 4.09. The van der Waals surface area contributed by atoms with E-state index in [4.69, 9.17) is 21.1 Å². The Bertz CT molecular complexity index is 1120. The van der Waals surface area contributed by atoms with Crippen LogP contribution >= 0.6 is 11.6 Å². The molecular weight excluding hydrogens is 442 g/mol. The summed E-state index contributed by atoms with van der Waals surface area (Å²) < 4.78 is 65.3. The number of benzene rings is 1. The third-order valence-corrected chi connectivity index (χ3v) is 4.38. The van der Waals surface area contributed by atoms with Gasteiger partial charge in [-0.1, -0.05) is 11.6 Å². The summed E-state index contributed by atoms with van der Waals surface area (Å²) in [6.45, 7) is 3.06. The van der Waals surface area contributed by atoms with Gasteiger partial charge in [-0.2, -0.15) is 13.2 Å². The maximum Gasteiger partial charge on any atom is 0.417 e. The van der Waals surface area contributed by atoms with Gasteiger partial charge in [-0.25, -0.2) is 14.4 Å². The van der Waals surface area contributed by atoms with Gasteiger partial charge in [0.15, 0.2) is 5.82 Å². The van der Waals surface area contributed by atoms with Crippen molar-refractivity contribution in [3.05, 3.63) is 63.3 Å². The minimum absolute atomic E-state index is 0.000355. The van der Waals surface area contributed by atoms with E-state index in [1.807, 2.05) is 6.92 Å². The smallest absolute Gasteiger partial charge is 0.417 e. The molecule has 0 aliphatic heterocycles. The van der Waals surface area contributed by atoms with Crippen molar-refractivity contribution in [1.82, 2.24) is 15.0 Å². The number of aromatic nitrogens is 3. The molecule has 164 valence electrons. The molecule has 0 saturated heterocycles. The van der Waals surface area contributed by atoms with Crippen molar-refractivity contribution in [2.75, 3.05) is 19.8 Å². The van der Waals surface area contributed by atoms with Gasteiger partial charge in [0.2, 0.25) is 5.88 Å². The van der Waals surface area contributed by atoms with E-state index < -0.39 is 39.5 Å². The van der Waals surface area contributed by atoms with Crippen LogP contribution in [0.2, 0.25) is 5.02 Å². The number of hydrogen-bond donors (Lipinski definition) is 1. The van der Waals surface area contributed by atoms with E-state index in [0.717, 1.165) is 12.1 Å². The largest absolute Gasteiger partial charge is 0.475 e. The number of alkyl halides is 3. The second kappa shape index (κ2) is 9.44. The Morgan fingerprint density at radius 3 is 2.58 bits per heavy atom. The van der Waals surface area contributed by atoms with E-state index in [-0.39, 0.29) is 18.2 Å². The second-order valence-electron chi connectivity index (χ2n) is 6.19.